The summed E-state index contributed by atoms with van der Waals surface area (Å²) in [5, 5.41) is 3.55. The molecule has 164 valence electrons. The molecule has 0 aromatic heterocycles. The number of hydrogen-bond donors (Lipinski definition) is 1. The summed E-state index contributed by atoms with van der Waals surface area (Å²) in [5.74, 6) is 1.93. The Balaban J connectivity index is 1.58. The van der Waals surface area contributed by atoms with Crippen molar-refractivity contribution < 1.29 is 4.74 Å². The molecule has 0 saturated heterocycles. The fourth-order valence-electron chi connectivity index (χ4n) is 4.51. The average molecular weight is 430 g/mol. The van der Waals surface area contributed by atoms with Crippen molar-refractivity contribution in [3.8, 4) is 11.5 Å². The molecule has 0 fully saturated rings. The molecule has 0 spiro atoms. The van der Waals surface area contributed by atoms with Crippen molar-refractivity contribution in [1.29, 1.82) is 0 Å². The standard InChI is InChI=1S/C25H27N5O2/c1-3-14-29-24-20(27-22(28-24)21(32-2)18-12-8-5-9-13-18)23-26-19(16-30(23)25(29)31)15-17-10-6-4-7-11-17/h4-13,19,21,26H,3,14-16H2,1-2H3/t19?,21-/m1/s1. The molecule has 0 bridgehead atoms. The second-order valence-electron chi connectivity index (χ2n) is 8.20. The minimum Gasteiger partial charge on any atom is -0.369 e. The van der Waals surface area contributed by atoms with Crippen LogP contribution < -0.4 is 11.0 Å². The number of ether oxygens (including phenoxy) is 1. The van der Waals surface area contributed by atoms with Gasteiger partial charge < -0.3 is 10.1 Å². The molecule has 3 heterocycles. The Morgan fingerprint density at radius 1 is 1.09 bits per heavy atom. The molecule has 1 unspecified atom stereocenters. The molecule has 2 aromatic carbocycles. The first kappa shape index (κ1) is 20.5. The van der Waals surface area contributed by atoms with Crippen molar-refractivity contribution in [1.82, 2.24) is 19.1 Å². The van der Waals surface area contributed by atoms with Crippen LogP contribution in [0.15, 0.2) is 65.5 Å². The van der Waals surface area contributed by atoms with Gasteiger partial charge in [0.1, 0.15) is 17.6 Å². The van der Waals surface area contributed by atoms with Gasteiger partial charge in [0.25, 0.3) is 0 Å². The van der Waals surface area contributed by atoms with Crippen LogP contribution >= 0.6 is 0 Å². The fraction of sp³-hybridized carbons (Fsp3) is 0.320. The van der Waals surface area contributed by atoms with Crippen molar-refractivity contribution >= 4 is 5.82 Å². The van der Waals surface area contributed by atoms with Gasteiger partial charge in [-0.05, 0) is 24.0 Å². The normalized spacial score (nSPS) is 16.1. The predicted octanol–water partition coefficient (Wildman–Crippen LogP) is 3.73. The molecule has 2 aromatic rings. The summed E-state index contributed by atoms with van der Waals surface area (Å²) in [7, 11) is 1.66. The lowest BCUT2D eigenvalue weighted by molar-refractivity contribution is 0.130. The Bertz CT molecular complexity index is 1230. The molecule has 0 aliphatic carbocycles. The number of imidazole rings is 1. The molecule has 5 rings (SSSR count). The molecule has 0 radical (unpaired) electrons. The van der Waals surface area contributed by atoms with Gasteiger partial charge in [0, 0.05) is 26.2 Å². The third-order valence-electron chi connectivity index (χ3n) is 5.96. The van der Waals surface area contributed by atoms with Crippen molar-refractivity contribution in [3.05, 3.63) is 88.1 Å². The first-order valence-corrected chi connectivity index (χ1v) is 11.1. The third-order valence-corrected chi connectivity index (χ3v) is 5.96. The number of hydrogen-bond acceptors (Lipinski definition) is 5. The SMILES string of the molecule is CCCn1c2nc([C@H](OC)c3ccccc3)nc-2c2n(c1=O)CC(Cc1ccccc1)N2. The van der Waals surface area contributed by atoms with E-state index in [0.717, 1.165) is 29.9 Å². The number of benzene rings is 2. The third kappa shape index (κ3) is 3.58. The lowest BCUT2D eigenvalue weighted by Gasteiger charge is -2.13. The number of rotatable bonds is 7. The highest BCUT2D eigenvalue weighted by Crippen LogP contribution is 2.34. The molecule has 7 nitrogen and oxygen atoms in total. The van der Waals surface area contributed by atoms with E-state index in [0.29, 0.717) is 24.7 Å². The number of fused-ring (bicyclic) bond motifs is 3. The van der Waals surface area contributed by atoms with Crippen molar-refractivity contribution in [2.24, 2.45) is 0 Å². The Morgan fingerprint density at radius 2 is 1.81 bits per heavy atom. The Kier molecular flexibility index (Phi) is 5.49. The molecule has 3 aliphatic heterocycles. The molecule has 1 N–H and O–H groups in total. The van der Waals surface area contributed by atoms with Gasteiger partial charge in [0.05, 0.1) is 0 Å². The fourth-order valence-corrected chi connectivity index (χ4v) is 4.51. The lowest BCUT2D eigenvalue weighted by atomic mass is 10.1. The second kappa shape index (κ2) is 8.59. The summed E-state index contributed by atoms with van der Waals surface area (Å²) in [6.45, 7) is 3.27. The molecule has 0 saturated carbocycles. The minimum absolute atomic E-state index is 0.0439. The summed E-state index contributed by atoms with van der Waals surface area (Å²) >= 11 is 0. The maximum atomic E-state index is 13.4. The second-order valence-corrected chi connectivity index (χ2v) is 8.20. The van der Waals surface area contributed by atoms with Gasteiger partial charge in [0.2, 0.25) is 0 Å². The van der Waals surface area contributed by atoms with Crippen molar-refractivity contribution in [2.75, 3.05) is 12.4 Å². The smallest absolute Gasteiger partial charge is 0.331 e. The molecule has 32 heavy (non-hydrogen) atoms. The first-order chi connectivity index (χ1) is 15.7. The van der Waals surface area contributed by atoms with Crippen LogP contribution in [-0.2, 0) is 24.2 Å². The zero-order valence-corrected chi connectivity index (χ0v) is 18.4. The van der Waals surface area contributed by atoms with Crippen LogP contribution in [-0.4, -0.2) is 32.3 Å². The van der Waals surface area contributed by atoms with Gasteiger partial charge in [-0.25, -0.2) is 14.8 Å². The summed E-state index contributed by atoms with van der Waals surface area (Å²) < 4.78 is 9.33. The van der Waals surface area contributed by atoms with Gasteiger partial charge in [0.15, 0.2) is 11.6 Å². The van der Waals surface area contributed by atoms with E-state index in [4.69, 9.17) is 14.7 Å². The lowest BCUT2D eigenvalue weighted by Crippen LogP contribution is -2.32. The Labute approximate surface area is 187 Å². The molecular formula is C25H27N5O2. The number of anilines is 1. The molecule has 7 heteroatoms. The summed E-state index contributed by atoms with van der Waals surface area (Å²) in [6.07, 6.45) is 1.28. The van der Waals surface area contributed by atoms with Crippen molar-refractivity contribution in [2.45, 2.75) is 45.0 Å². The van der Waals surface area contributed by atoms with E-state index in [1.165, 1.54) is 5.56 Å². The van der Waals surface area contributed by atoms with Gasteiger partial charge in [-0.15, -0.1) is 0 Å². The van der Waals surface area contributed by atoms with E-state index >= 15 is 0 Å². The molecular weight excluding hydrogens is 402 g/mol. The van der Waals surface area contributed by atoms with Gasteiger partial charge in [-0.3, -0.25) is 9.13 Å². The number of aromatic nitrogens is 4. The van der Waals surface area contributed by atoms with E-state index in [1.807, 2.05) is 53.1 Å². The van der Waals surface area contributed by atoms with Crippen LogP contribution in [0, 0.1) is 0 Å². The van der Waals surface area contributed by atoms with E-state index in [-0.39, 0.29) is 11.7 Å². The van der Waals surface area contributed by atoms with Crippen LogP contribution in [0.2, 0.25) is 0 Å². The molecule has 2 atom stereocenters. The van der Waals surface area contributed by atoms with E-state index in [1.54, 1.807) is 11.7 Å². The van der Waals surface area contributed by atoms with E-state index in [2.05, 4.69) is 24.4 Å². The summed E-state index contributed by atoms with van der Waals surface area (Å²) in [6, 6.07) is 20.4. The first-order valence-electron chi connectivity index (χ1n) is 11.1. The van der Waals surface area contributed by atoms with E-state index in [9.17, 15) is 4.79 Å². The van der Waals surface area contributed by atoms with Crippen LogP contribution in [0.25, 0.3) is 11.5 Å². The zero-order chi connectivity index (χ0) is 22.1. The Morgan fingerprint density at radius 3 is 2.50 bits per heavy atom. The van der Waals surface area contributed by atoms with Crippen LogP contribution in [0.3, 0.4) is 0 Å². The summed E-state index contributed by atoms with van der Waals surface area (Å²) in [5.41, 5.74) is 2.90. The van der Waals surface area contributed by atoms with Gasteiger partial charge in [-0.2, -0.15) is 0 Å². The minimum atomic E-state index is -0.393. The number of methoxy groups -OCH3 is 1. The predicted molar refractivity (Wildman–Crippen MR) is 124 cm³/mol. The van der Waals surface area contributed by atoms with Crippen LogP contribution in [0.5, 0.6) is 0 Å². The highest BCUT2D eigenvalue weighted by Gasteiger charge is 2.33. The van der Waals surface area contributed by atoms with Crippen molar-refractivity contribution in [3.63, 3.8) is 0 Å². The van der Waals surface area contributed by atoms with Crippen LogP contribution in [0.1, 0.15) is 36.4 Å². The van der Waals surface area contributed by atoms with Gasteiger partial charge in [-0.1, -0.05) is 67.6 Å². The summed E-state index contributed by atoms with van der Waals surface area (Å²) in [4.78, 5) is 23.0. The maximum Gasteiger partial charge on any atom is 0.331 e. The van der Waals surface area contributed by atoms with Crippen LogP contribution in [0.4, 0.5) is 5.82 Å². The number of nitrogens with one attached hydrogen (secondary N) is 1. The quantitative estimate of drug-likeness (QED) is 0.485. The largest absolute Gasteiger partial charge is 0.369 e. The topological polar surface area (TPSA) is 74.0 Å². The zero-order valence-electron chi connectivity index (χ0n) is 18.4. The highest BCUT2D eigenvalue weighted by atomic mass is 16.5. The maximum absolute atomic E-state index is 13.4. The monoisotopic (exact) mass is 429 g/mol. The number of nitrogens with zero attached hydrogens (tertiary/aromatic N) is 4. The Hall–Kier alpha value is -3.45. The highest BCUT2D eigenvalue weighted by molar-refractivity contribution is 5.70. The molecule has 0 amide bonds. The average Bonchev–Trinajstić information content (AvgIpc) is 3.43. The molecule has 3 aliphatic rings. The van der Waals surface area contributed by atoms with Gasteiger partial charge >= 0.3 is 5.69 Å². The van der Waals surface area contributed by atoms with E-state index < -0.39 is 6.10 Å².